The highest BCUT2D eigenvalue weighted by molar-refractivity contribution is 6.31. The summed E-state index contributed by atoms with van der Waals surface area (Å²) in [5.74, 6) is -0.315. The molecule has 4 nitrogen and oxygen atoms in total. The molecule has 0 aliphatic heterocycles. The molecule has 1 aromatic carbocycles. The minimum absolute atomic E-state index is 0.195. The molecule has 0 aliphatic rings. The van der Waals surface area contributed by atoms with Crippen LogP contribution in [0.4, 0.5) is 5.69 Å². The molecule has 1 amide bonds. The zero-order valence-electron chi connectivity index (χ0n) is 8.33. The van der Waals surface area contributed by atoms with Crippen molar-refractivity contribution in [3.8, 4) is 0 Å². The maximum atomic E-state index is 11.5. The number of hydrogen-bond acceptors (Lipinski definition) is 3. The molecule has 0 spiro atoms. The first-order chi connectivity index (χ1) is 7.00. The number of anilines is 1. The topological polar surface area (TPSA) is 75.3 Å². The molecule has 0 saturated heterocycles. The molecular formula is C10H13ClN2O2. The van der Waals surface area contributed by atoms with Crippen molar-refractivity contribution in [1.82, 2.24) is 5.32 Å². The number of amides is 1. The zero-order chi connectivity index (χ0) is 11.4. The third-order valence-electron chi connectivity index (χ3n) is 1.82. The van der Waals surface area contributed by atoms with Crippen LogP contribution in [0.25, 0.3) is 0 Å². The average Bonchev–Trinajstić information content (AvgIpc) is 2.14. The van der Waals surface area contributed by atoms with Crippen molar-refractivity contribution in [2.45, 2.75) is 13.0 Å². The van der Waals surface area contributed by atoms with Gasteiger partial charge in [0.15, 0.2) is 0 Å². The number of nitrogens with two attached hydrogens (primary N) is 1. The highest BCUT2D eigenvalue weighted by Gasteiger charge is 2.09. The first-order valence-corrected chi connectivity index (χ1v) is 4.90. The van der Waals surface area contributed by atoms with Crippen LogP contribution in [0.15, 0.2) is 18.2 Å². The highest BCUT2D eigenvalue weighted by Crippen LogP contribution is 2.17. The predicted octanol–water partition coefficient (Wildman–Crippen LogP) is 1.03. The van der Waals surface area contributed by atoms with E-state index in [1.165, 1.54) is 6.07 Å². The molecule has 1 aromatic rings. The third kappa shape index (κ3) is 3.42. The maximum Gasteiger partial charge on any atom is 0.253 e. The Kier molecular flexibility index (Phi) is 3.94. The molecule has 4 N–H and O–H groups in total. The van der Waals surface area contributed by atoms with Gasteiger partial charge in [0, 0.05) is 17.3 Å². The van der Waals surface area contributed by atoms with Crippen LogP contribution in [-0.2, 0) is 0 Å². The molecule has 5 heteroatoms. The van der Waals surface area contributed by atoms with Gasteiger partial charge in [0.1, 0.15) is 0 Å². The molecule has 0 unspecified atom stereocenters. The van der Waals surface area contributed by atoms with Crippen molar-refractivity contribution in [2.75, 3.05) is 12.3 Å². The van der Waals surface area contributed by atoms with Gasteiger partial charge in [-0.2, -0.15) is 0 Å². The number of rotatable bonds is 3. The third-order valence-corrected chi connectivity index (χ3v) is 2.05. The second-order valence-corrected chi connectivity index (χ2v) is 3.73. The Bertz CT molecular complexity index is 366. The van der Waals surface area contributed by atoms with E-state index in [-0.39, 0.29) is 12.5 Å². The first kappa shape index (κ1) is 11.8. The van der Waals surface area contributed by atoms with Gasteiger partial charge >= 0.3 is 0 Å². The molecule has 0 heterocycles. The summed E-state index contributed by atoms with van der Waals surface area (Å²) in [5.41, 5.74) is 6.31. The lowest BCUT2D eigenvalue weighted by Gasteiger charge is -2.08. The van der Waals surface area contributed by atoms with Crippen molar-refractivity contribution >= 4 is 23.2 Å². The highest BCUT2D eigenvalue weighted by atomic mass is 35.5. The summed E-state index contributed by atoms with van der Waals surface area (Å²) in [6.45, 7) is 1.78. The molecular weight excluding hydrogens is 216 g/mol. The van der Waals surface area contributed by atoms with Crippen LogP contribution in [0.1, 0.15) is 17.3 Å². The summed E-state index contributed by atoms with van der Waals surface area (Å²) in [7, 11) is 0. The summed E-state index contributed by atoms with van der Waals surface area (Å²) in [5, 5.41) is 12.0. The van der Waals surface area contributed by atoms with E-state index in [4.69, 9.17) is 22.4 Å². The standard InChI is InChI=1S/C10H13ClN2O2/c1-6(14)5-13-10(15)8-3-2-7(11)4-9(8)12/h2-4,6,14H,5,12H2,1H3,(H,13,15)/t6-/m1/s1. The largest absolute Gasteiger partial charge is 0.398 e. The number of carbonyl (C=O) groups is 1. The van der Waals surface area contributed by atoms with Gasteiger partial charge in [-0.15, -0.1) is 0 Å². The lowest BCUT2D eigenvalue weighted by atomic mass is 10.1. The number of carbonyl (C=O) groups excluding carboxylic acids is 1. The Morgan fingerprint density at radius 3 is 2.87 bits per heavy atom. The van der Waals surface area contributed by atoms with Crippen LogP contribution in [0.5, 0.6) is 0 Å². The molecule has 0 aromatic heterocycles. The molecule has 1 rings (SSSR count). The van der Waals surface area contributed by atoms with Gasteiger partial charge in [0.2, 0.25) is 0 Å². The van der Waals surface area contributed by atoms with Gasteiger partial charge < -0.3 is 16.2 Å². The monoisotopic (exact) mass is 228 g/mol. The Labute approximate surface area is 93.0 Å². The Morgan fingerprint density at radius 1 is 1.67 bits per heavy atom. The van der Waals surface area contributed by atoms with Crippen molar-refractivity contribution in [3.05, 3.63) is 28.8 Å². The first-order valence-electron chi connectivity index (χ1n) is 4.52. The number of halogens is 1. The number of nitrogen functional groups attached to an aromatic ring is 1. The minimum atomic E-state index is -0.581. The fourth-order valence-electron chi connectivity index (χ4n) is 1.08. The molecule has 15 heavy (non-hydrogen) atoms. The van der Waals surface area contributed by atoms with Gasteiger partial charge in [-0.25, -0.2) is 0 Å². The normalized spacial score (nSPS) is 12.2. The van der Waals surface area contributed by atoms with Crippen LogP contribution in [0.2, 0.25) is 5.02 Å². The van der Waals surface area contributed by atoms with E-state index in [0.717, 1.165) is 0 Å². The number of aliphatic hydroxyl groups is 1. The van der Waals surface area contributed by atoms with Crippen molar-refractivity contribution in [3.63, 3.8) is 0 Å². The predicted molar refractivity (Wildman–Crippen MR) is 59.9 cm³/mol. The van der Waals surface area contributed by atoms with Crippen LogP contribution in [0.3, 0.4) is 0 Å². The van der Waals surface area contributed by atoms with Crippen molar-refractivity contribution < 1.29 is 9.90 Å². The van der Waals surface area contributed by atoms with Crippen LogP contribution in [0, 0.1) is 0 Å². The fraction of sp³-hybridized carbons (Fsp3) is 0.300. The van der Waals surface area contributed by atoms with Crippen LogP contribution < -0.4 is 11.1 Å². The lowest BCUT2D eigenvalue weighted by molar-refractivity contribution is 0.0925. The van der Waals surface area contributed by atoms with Crippen molar-refractivity contribution in [2.24, 2.45) is 0 Å². The van der Waals surface area contributed by atoms with E-state index in [1.807, 2.05) is 0 Å². The molecule has 0 bridgehead atoms. The average molecular weight is 229 g/mol. The van der Waals surface area contributed by atoms with Gasteiger partial charge in [-0.1, -0.05) is 11.6 Å². The van der Waals surface area contributed by atoms with E-state index in [2.05, 4.69) is 5.32 Å². The summed E-state index contributed by atoms with van der Waals surface area (Å²) in [6.07, 6.45) is -0.581. The molecule has 0 radical (unpaired) electrons. The molecule has 0 aliphatic carbocycles. The van der Waals surface area contributed by atoms with E-state index in [9.17, 15) is 4.79 Å². The van der Waals surface area contributed by atoms with Gasteiger partial charge in [-0.3, -0.25) is 4.79 Å². The Hall–Kier alpha value is -1.26. The smallest absolute Gasteiger partial charge is 0.253 e. The SMILES string of the molecule is C[C@@H](O)CNC(=O)c1ccc(Cl)cc1N. The Morgan fingerprint density at radius 2 is 2.33 bits per heavy atom. The van der Waals surface area contributed by atoms with E-state index < -0.39 is 6.10 Å². The number of benzene rings is 1. The zero-order valence-corrected chi connectivity index (χ0v) is 9.08. The lowest BCUT2D eigenvalue weighted by Crippen LogP contribution is -2.31. The van der Waals surface area contributed by atoms with Crippen LogP contribution >= 0.6 is 11.6 Å². The summed E-state index contributed by atoms with van der Waals surface area (Å²) in [4.78, 5) is 11.5. The summed E-state index contributed by atoms with van der Waals surface area (Å²) < 4.78 is 0. The van der Waals surface area contributed by atoms with E-state index >= 15 is 0 Å². The quantitative estimate of drug-likeness (QED) is 0.677. The van der Waals surface area contributed by atoms with Gasteiger partial charge in [-0.05, 0) is 25.1 Å². The molecule has 0 fully saturated rings. The van der Waals surface area contributed by atoms with E-state index in [1.54, 1.807) is 19.1 Å². The second-order valence-electron chi connectivity index (χ2n) is 3.29. The molecule has 0 saturated carbocycles. The molecule has 82 valence electrons. The number of hydrogen-bond donors (Lipinski definition) is 3. The molecule has 1 atom stereocenters. The van der Waals surface area contributed by atoms with Crippen molar-refractivity contribution in [1.29, 1.82) is 0 Å². The van der Waals surface area contributed by atoms with Gasteiger partial charge in [0.05, 0.1) is 11.7 Å². The Balaban J connectivity index is 2.74. The minimum Gasteiger partial charge on any atom is -0.398 e. The maximum absolute atomic E-state index is 11.5. The fourth-order valence-corrected chi connectivity index (χ4v) is 1.26. The summed E-state index contributed by atoms with van der Waals surface area (Å²) >= 11 is 5.70. The van der Waals surface area contributed by atoms with Gasteiger partial charge in [0.25, 0.3) is 5.91 Å². The number of aliphatic hydroxyl groups excluding tert-OH is 1. The number of nitrogens with one attached hydrogen (secondary N) is 1. The summed E-state index contributed by atoms with van der Waals surface area (Å²) in [6, 6.07) is 4.66. The van der Waals surface area contributed by atoms with Crippen LogP contribution in [-0.4, -0.2) is 23.7 Å². The van der Waals surface area contributed by atoms with E-state index in [0.29, 0.717) is 16.3 Å². The second kappa shape index (κ2) is 5.00.